The topological polar surface area (TPSA) is 12.0 Å². The van der Waals surface area contributed by atoms with Gasteiger partial charge >= 0.3 is 0 Å². The highest BCUT2D eigenvalue weighted by Crippen LogP contribution is 2.19. The molecule has 0 saturated heterocycles. The lowest BCUT2D eigenvalue weighted by Crippen LogP contribution is -2.35. The maximum absolute atomic E-state index is 13.0. The molecule has 0 aromatic heterocycles. The van der Waals surface area contributed by atoms with Gasteiger partial charge in [0.05, 0.1) is 0 Å². The summed E-state index contributed by atoms with van der Waals surface area (Å²) >= 11 is 5.68. The molecule has 1 aliphatic heterocycles. The molecule has 0 amide bonds. The maximum Gasteiger partial charge on any atom is 0.123 e. The third-order valence-corrected chi connectivity index (χ3v) is 2.89. The molecule has 1 atom stereocenters. The van der Waals surface area contributed by atoms with E-state index in [2.05, 4.69) is 5.32 Å². The van der Waals surface area contributed by atoms with Gasteiger partial charge in [0.15, 0.2) is 0 Å². The Morgan fingerprint density at radius 3 is 3.07 bits per heavy atom. The molecule has 1 unspecified atom stereocenters. The normalized spacial score (nSPS) is 20.6. The van der Waals surface area contributed by atoms with Crippen LogP contribution in [0.4, 0.5) is 4.39 Å². The third-order valence-electron chi connectivity index (χ3n) is 2.67. The van der Waals surface area contributed by atoms with E-state index in [-0.39, 0.29) is 5.82 Å². The van der Waals surface area contributed by atoms with E-state index in [9.17, 15) is 4.39 Å². The zero-order valence-electron chi connectivity index (χ0n) is 7.89. The number of halogens is 2. The van der Waals surface area contributed by atoms with Gasteiger partial charge in [-0.3, -0.25) is 0 Å². The first-order chi connectivity index (χ1) is 6.79. The van der Waals surface area contributed by atoms with Crippen molar-refractivity contribution in [2.45, 2.75) is 25.4 Å². The van der Waals surface area contributed by atoms with Crippen LogP contribution < -0.4 is 5.32 Å². The van der Waals surface area contributed by atoms with Crippen molar-refractivity contribution in [1.82, 2.24) is 5.32 Å². The van der Waals surface area contributed by atoms with E-state index in [1.165, 1.54) is 11.6 Å². The third kappa shape index (κ3) is 2.07. The number of hydrogen-bond donors (Lipinski definition) is 1. The van der Waals surface area contributed by atoms with Gasteiger partial charge in [-0.15, -0.1) is 11.6 Å². The Hall–Kier alpha value is -0.600. The molecule has 1 nitrogen and oxygen atoms in total. The van der Waals surface area contributed by atoms with Gasteiger partial charge in [0, 0.05) is 18.5 Å². The summed E-state index contributed by atoms with van der Waals surface area (Å²) in [7, 11) is 0. The molecular weight excluding hydrogens is 201 g/mol. The summed E-state index contributed by atoms with van der Waals surface area (Å²) < 4.78 is 13.0. The van der Waals surface area contributed by atoms with Gasteiger partial charge < -0.3 is 5.32 Å². The number of alkyl halides is 1. The van der Waals surface area contributed by atoms with Crippen LogP contribution in [0.5, 0.6) is 0 Å². The average molecular weight is 214 g/mol. The van der Waals surface area contributed by atoms with Crippen molar-refractivity contribution in [3.05, 3.63) is 35.1 Å². The van der Waals surface area contributed by atoms with Crippen molar-refractivity contribution in [2.75, 3.05) is 5.88 Å². The van der Waals surface area contributed by atoms with E-state index in [0.717, 1.165) is 24.9 Å². The largest absolute Gasteiger partial charge is 0.310 e. The van der Waals surface area contributed by atoms with Gasteiger partial charge in [-0.05, 0) is 36.1 Å². The van der Waals surface area contributed by atoms with E-state index in [1.54, 1.807) is 6.07 Å². The predicted octanol–water partition coefficient (Wildman–Crippen LogP) is 2.47. The Bertz CT molecular complexity index is 327. The summed E-state index contributed by atoms with van der Waals surface area (Å²) in [6.07, 6.45) is 1.83. The maximum atomic E-state index is 13.0. The van der Waals surface area contributed by atoms with Crippen LogP contribution in [0.2, 0.25) is 0 Å². The second-order valence-electron chi connectivity index (χ2n) is 3.67. The number of fused-ring (bicyclic) bond motifs is 1. The van der Waals surface area contributed by atoms with Gasteiger partial charge in [-0.2, -0.15) is 0 Å². The fourth-order valence-corrected chi connectivity index (χ4v) is 2.15. The lowest BCUT2D eigenvalue weighted by Gasteiger charge is -2.25. The van der Waals surface area contributed by atoms with Crippen LogP contribution in [0.1, 0.15) is 17.5 Å². The Kier molecular flexibility index (Phi) is 3.04. The van der Waals surface area contributed by atoms with Crippen LogP contribution >= 0.6 is 11.6 Å². The molecule has 2 rings (SSSR count). The van der Waals surface area contributed by atoms with Crippen molar-refractivity contribution in [1.29, 1.82) is 0 Å². The highest BCUT2D eigenvalue weighted by Gasteiger charge is 2.17. The summed E-state index contributed by atoms with van der Waals surface area (Å²) in [4.78, 5) is 0. The van der Waals surface area contributed by atoms with Crippen LogP contribution in [0.15, 0.2) is 18.2 Å². The summed E-state index contributed by atoms with van der Waals surface area (Å²) in [5.74, 6) is 0.512. The minimum atomic E-state index is -0.143. The van der Waals surface area contributed by atoms with E-state index in [0.29, 0.717) is 11.9 Å². The summed E-state index contributed by atoms with van der Waals surface area (Å²) in [6.45, 7) is 0.831. The first-order valence-corrected chi connectivity index (χ1v) is 5.39. The van der Waals surface area contributed by atoms with Crippen molar-refractivity contribution in [3.8, 4) is 0 Å². The number of benzene rings is 1. The van der Waals surface area contributed by atoms with Crippen LogP contribution in [-0.4, -0.2) is 11.9 Å². The fourth-order valence-electron chi connectivity index (χ4n) is 1.88. The molecule has 0 spiro atoms. The van der Waals surface area contributed by atoms with Crippen LogP contribution in [0.3, 0.4) is 0 Å². The van der Waals surface area contributed by atoms with Gasteiger partial charge in [-0.1, -0.05) is 6.07 Å². The summed E-state index contributed by atoms with van der Waals surface area (Å²) in [6, 6.07) is 5.41. The predicted molar refractivity (Wildman–Crippen MR) is 56.1 cm³/mol. The van der Waals surface area contributed by atoms with E-state index in [4.69, 9.17) is 11.6 Å². The molecule has 76 valence electrons. The first kappa shape index (κ1) is 9.94. The van der Waals surface area contributed by atoms with Gasteiger partial charge in [0.1, 0.15) is 5.82 Å². The summed E-state index contributed by atoms with van der Waals surface area (Å²) in [5, 5.41) is 3.39. The summed E-state index contributed by atoms with van der Waals surface area (Å²) in [5.41, 5.74) is 2.33. The van der Waals surface area contributed by atoms with E-state index < -0.39 is 0 Å². The number of rotatable bonds is 2. The number of nitrogens with one attached hydrogen (secondary N) is 1. The van der Waals surface area contributed by atoms with Crippen LogP contribution in [-0.2, 0) is 13.0 Å². The minimum absolute atomic E-state index is 0.143. The lowest BCUT2D eigenvalue weighted by atomic mass is 9.94. The first-order valence-electron chi connectivity index (χ1n) is 4.86. The molecule has 14 heavy (non-hydrogen) atoms. The molecule has 1 aliphatic rings. The second kappa shape index (κ2) is 4.28. The standard InChI is InChI=1S/C11H13ClFN/c12-4-3-11-6-9-5-10(13)2-1-8(9)7-14-11/h1-2,5,11,14H,3-4,6-7H2. The van der Waals surface area contributed by atoms with Gasteiger partial charge in [-0.25, -0.2) is 4.39 Å². The molecule has 1 aromatic carbocycles. The van der Waals surface area contributed by atoms with Crippen molar-refractivity contribution < 1.29 is 4.39 Å². The Morgan fingerprint density at radius 1 is 1.43 bits per heavy atom. The highest BCUT2D eigenvalue weighted by atomic mass is 35.5. The van der Waals surface area contributed by atoms with Gasteiger partial charge in [0.2, 0.25) is 0 Å². The highest BCUT2D eigenvalue weighted by molar-refractivity contribution is 6.17. The monoisotopic (exact) mass is 213 g/mol. The van der Waals surface area contributed by atoms with Crippen molar-refractivity contribution >= 4 is 11.6 Å². The van der Waals surface area contributed by atoms with Crippen LogP contribution in [0.25, 0.3) is 0 Å². The Balaban J connectivity index is 2.16. The molecule has 1 aromatic rings. The SMILES string of the molecule is Fc1ccc2c(c1)CC(CCCl)NC2. The molecule has 1 N–H and O–H groups in total. The Labute approximate surface area is 88.3 Å². The molecule has 0 bridgehead atoms. The van der Waals surface area contributed by atoms with E-state index in [1.807, 2.05) is 6.07 Å². The molecule has 0 radical (unpaired) electrons. The molecule has 1 heterocycles. The molecule has 0 aliphatic carbocycles. The van der Waals surface area contributed by atoms with Crippen LogP contribution in [0, 0.1) is 5.82 Å². The molecule has 0 saturated carbocycles. The second-order valence-corrected chi connectivity index (χ2v) is 4.05. The van der Waals surface area contributed by atoms with Crippen molar-refractivity contribution in [3.63, 3.8) is 0 Å². The number of hydrogen-bond acceptors (Lipinski definition) is 1. The fraction of sp³-hybridized carbons (Fsp3) is 0.455. The quantitative estimate of drug-likeness (QED) is 0.745. The zero-order valence-corrected chi connectivity index (χ0v) is 8.65. The molecule has 3 heteroatoms. The Morgan fingerprint density at radius 2 is 2.29 bits per heavy atom. The van der Waals surface area contributed by atoms with Crippen molar-refractivity contribution in [2.24, 2.45) is 0 Å². The zero-order chi connectivity index (χ0) is 9.97. The molecule has 0 fully saturated rings. The van der Waals surface area contributed by atoms with E-state index >= 15 is 0 Å². The average Bonchev–Trinajstić information content (AvgIpc) is 2.17. The smallest absolute Gasteiger partial charge is 0.123 e. The lowest BCUT2D eigenvalue weighted by molar-refractivity contribution is 0.467. The minimum Gasteiger partial charge on any atom is -0.310 e. The molecular formula is C11H13ClFN. The van der Waals surface area contributed by atoms with Gasteiger partial charge in [0.25, 0.3) is 0 Å².